The van der Waals surface area contributed by atoms with E-state index >= 15 is 0 Å². The van der Waals surface area contributed by atoms with Crippen molar-refractivity contribution in [1.29, 1.82) is 0 Å². The van der Waals surface area contributed by atoms with Gasteiger partial charge in [-0.2, -0.15) is 0 Å². The molecule has 3 atom stereocenters. The van der Waals surface area contributed by atoms with E-state index in [9.17, 15) is 13.9 Å². The molecule has 0 amide bonds. The lowest BCUT2D eigenvalue weighted by Gasteiger charge is -2.10. The van der Waals surface area contributed by atoms with Crippen LogP contribution in [0.5, 0.6) is 0 Å². The summed E-state index contributed by atoms with van der Waals surface area (Å²) in [5, 5.41) is 9.74. The molecule has 1 aromatic carbocycles. The van der Waals surface area contributed by atoms with Crippen LogP contribution in [0.4, 0.5) is 8.78 Å². The molecule has 82 valence electrons. The fourth-order valence-corrected chi connectivity index (χ4v) is 1.96. The maximum atomic E-state index is 13.2. The Hall–Kier alpha value is -0.960. The molecule has 0 aliphatic heterocycles. The Balaban J connectivity index is 2.06. The zero-order chi connectivity index (χ0) is 11.0. The van der Waals surface area contributed by atoms with Crippen molar-refractivity contribution in [3.63, 3.8) is 0 Å². The van der Waals surface area contributed by atoms with Crippen LogP contribution in [-0.4, -0.2) is 11.2 Å². The van der Waals surface area contributed by atoms with E-state index in [1.165, 1.54) is 0 Å². The molecule has 15 heavy (non-hydrogen) atoms. The summed E-state index contributed by atoms with van der Waals surface area (Å²) in [5.74, 6) is -0.129. The number of rotatable bonds is 3. The first-order chi connectivity index (χ1) is 7.08. The van der Waals surface area contributed by atoms with Gasteiger partial charge < -0.3 is 5.11 Å². The van der Waals surface area contributed by atoms with E-state index in [0.29, 0.717) is 5.92 Å². The van der Waals surface area contributed by atoms with Crippen LogP contribution in [0.3, 0.4) is 0 Å². The van der Waals surface area contributed by atoms with Crippen molar-refractivity contribution in [3.05, 3.63) is 35.4 Å². The third kappa shape index (κ3) is 2.34. The van der Waals surface area contributed by atoms with Crippen LogP contribution >= 0.6 is 0 Å². The molecule has 3 heteroatoms. The van der Waals surface area contributed by atoms with E-state index in [0.717, 1.165) is 24.6 Å². The van der Waals surface area contributed by atoms with Crippen molar-refractivity contribution < 1.29 is 13.9 Å². The highest BCUT2D eigenvalue weighted by molar-refractivity contribution is 5.20. The Kier molecular flexibility index (Phi) is 2.74. The number of hydrogen-bond acceptors (Lipinski definition) is 1. The largest absolute Gasteiger partial charge is 0.392 e. The molecule has 1 nitrogen and oxygen atoms in total. The Bertz CT molecular complexity index is 365. The van der Waals surface area contributed by atoms with Gasteiger partial charge in [0.2, 0.25) is 0 Å². The summed E-state index contributed by atoms with van der Waals surface area (Å²) >= 11 is 0. The fourth-order valence-electron chi connectivity index (χ4n) is 1.96. The summed E-state index contributed by atoms with van der Waals surface area (Å²) in [6, 6.07) is 3.35. The van der Waals surface area contributed by atoms with E-state index in [1.54, 1.807) is 0 Å². The normalized spacial score (nSPS) is 26.4. The summed E-state index contributed by atoms with van der Waals surface area (Å²) in [7, 11) is 0. The molecule has 0 aromatic heterocycles. The van der Waals surface area contributed by atoms with Gasteiger partial charge in [0, 0.05) is 6.42 Å². The molecule has 2 rings (SSSR count). The van der Waals surface area contributed by atoms with Crippen molar-refractivity contribution in [3.8, 4) is 0 Å². The maximum absolute atomic E-state index is 13.2. The van der Waals surface area contributed by atoms with Gasteiger partial charge in [0.15, 0.2) is 0 Å². The van der Waals surface area contributed by atoms with Crippen LogP contribution in [0.2, 0.25) is 0 Å². The molecule has 1 aliphatic carbocycles. The molecule has 1 saturated carbocycles. The number of benzene rings is 1. The summed E-state index contributed by atoms with van der Waals surface area (Å²) < 4.78 is 26.1. The molecule has 1 N–H and O–H groups in total. The molecule has 1 fully saturated rings. The molecule has 0 heterocycles. The van der Waals surface area contributed by atoms with Gasteiger partial charge in [-0.3, -0.25) is 0 Å². The minimum Gasteiger partial charge on any atom is -0.392 e. The Morgan fingerprint density at radius 2 is 2.13 bits per heavy atom. The highest BCUT2D eigenvalue weighted by Gasteiger charge is 2.38. The van der Waals surface area contributed by atoms with Crippen LogP contribution < -0.4 is 0 Å². The smallest absolute Gasteiger partial charge is 0.126 e. The molecule has 0 spiro atoms. The number of aliphatic hydroxyl groups excluding tert-OH is 1. The molecule has 1 aromatic rings. The second-order valence-corrected chi connectivity index (χ2v) is 4.38. The summed E-state index contributed by atoms with van der Waals surface area (Å²) in [5.41, 5.74) is 0.265. The lowest BCUT2D eigenvalue weighted by atomic mass is 10.0. The molecular formula is C12H14F2O. The van der Waals surface area contributed by atoms with Crippen molar-refractivity contribution in [1.82, 2.24) is 0 Å². The lowest BCUT2D eigenvalue weighted by molar-refractivity contribution is 0.145. The molecule has 0 radical (unpaired) electrons. The SMILES string of the molecule is CC1CC1C(O)Cc1cc(F)ccc1F. The number of hydrogen-bond donors (Lipinski definition) is 1. The van der Waals surface area contributed by atoms with Crippen molar-refractivity contribution in [2.45, 2.75) is 25.9 Å². The van der Waals surface area contributed by atoms with Crippen LogP contribution in [0, 0.1) is 23.5 Å². The van der Waals surface area contributed by atoms with Gasteiger partial charge in [0.25, 0.3) is 0 Å². The Morgan fingerprint density at radius 1 is 1.47 bits per heavy atom. The quantitative estimate of drug-likeness (QED) is 0.816. The van der Waals surface area contributed by atoms with Gasteiger partial charge in [-0.15, -0.1) is 0 Å². The second-order valence-electron chi connectivity index (χ2n) is 4.38. The third-order valence-electron chi connectivity index (χ3n) is 3.10. The summed E-state index contributed by atoms with van der Waals surface area (Å²) in [4.78, 5) is 0. The first-order valence-electron chi connectivity index (χ1n) is 5.20. The van der Waals surface area contributed by atoms with Gasteiger partial charge in [-0.05, 0) is 42.0 Å². The average molecular weight is 212 g/mol. The first kappa shape index (κ1) is 10.6. The predicted octanol–water partition coefficient (Wildman–Crippen LogP) is 2.52. The van der Waals surface area contributed by atoms with Gasteiger partial charge in [-0.1, -0.05) is 6.92 Å². The van der Waals surface area contributed by atoms with E-state index in [4.69, 9.17) is 0 Å². The topological polar surface area (TPSA) is 20.2 Å². The van der Waals surface area contributed by atoms with Gasteiger partial charge in [-0.25, -0.2) is 8.78 Å². The van der Waals surface area contributed by atoms with Crippen LogP contribution in [-0.2, 0) is 6.42 Å². The highest BCUT2D eigenvalue weighted by Crippen LogP contribution is 2.41. The first-order valence-corrected chi connectivity index (χ1v) is 5.20. The van der Waals surface area contributed by atoms with E-state index in [-0.39, 0.29) is 17.9 Å². The van der Waals surface area contributed by atoms with E-state index in [2.05, 4.69) is 6.92 Å². The van der Waals surface area contributed by atoms with Crippen LogP contribution in [0.1, 0.15) is 18.9 Å². The minimum absolute atomic E-state index is 0.207. The minimum atomic E-state index is -0.545. The Morgan fingerprint density at radius 3 is 2.73 bits per heavy atom. The summed E-state index contributed by atoms with van der Waals surface area (Å²) in [6.45, 7) is 2.05. The lowest BCUT2D eigenvalue weighted by Crippen LogP contribution is -2.15. The maximum Gasteiger partial charge on any atom is 0.126 e. The fraction of sp³-hybridized carbons (Fsp3) is 0.500. The average Bonchev–Trinajstić information content (AvgIpc) is 2.89. The van der Waals surface area contributed by atoms with Gasteiger partial charge in [0.1, 0.15) is 11.6 Å². The molecular weight excluding hydrogens is 198 g/mol. The van der Waals surface area contributed by atoms with Crippen LogP contribution in [0.25, 0.3) is 0 Å². The van der Waals surface area contributed by atoms with Crippen molar-refractivity contribution in [2.24, 2.45) is 11.8 Å². The second kappa shape index (κ2) is 3.89. The van der Waals surface area contributed by atoms with Crippen molar-refractivity contribution in [2.75, 3.05) is 0 Å². The van der Waals surface area contributed by atoms with E-state index in [1.807, 2.05) is 0 Å². The highest BCUT2D eigenvalue weighted by atomic mass is 19.1. The predicted molar refractivity (Wildman–Crippen MR) is 53.3 cm³/mol. The molecule has 1 aliphatic rings. The molecule has 0 saturated heterocycles. The zero-order valence-electron chi connectivity index (χ0n) is 8.58. The Labute approximate surface area is 87.7 Å². The van der Waals surface area contributed by atoms with Crippen LogP contribution in [0.15, 0.2) is 18.2 Å². The van der Waals surface area contributed by atoms with E-state index < -0.39 is 17.7 Å². The standard InChI is InChI=1S/C12H14F2O/c1-7-4-10(7)12(15)6-8-5-9(13)2-3-11(8)14/h2-3,5,7,10,12,15H,4,6H2,1H3. The number of halogens is 2. The number of aliphatic hydroxyl groups is 1. The molecule has 3 unspecified atom stereocenters. The van der Waals surface area contributed by atoms with Crippen molar-refractivity contribution >= 4 is 0 Å². The zero-order valence-corrected chi connectivity index (χ0v) is 8.58. The van der Waals surface area contributed by atoms with Gasteiger partial charge in [0.05, 0.1) is 6.10 Å². The molecule has 0 bridgehead atoms. The summed E-state index contributed by atoms with van der Waals surface area (Å²) in [6.07, 6.45) is 0.646. The monoisotopic (exact) mass is 212 g/mol. The third-order valence-corrected chi connectivity index (χ3v) is 3.10. The van der Waals surface area contributed by atoms with Gasteiger partial charge >= 0.3 is 0 Å².